The van der Waals surface area contributed by atoms with Crippen molar-refractivity contribution in [3.05, 3.63) is 94.8 Å². The van der Waals surface area contributed by atoms with Gasteiger partial charge in [0.1, 0.15) is 17.6 Å². The van der Waals surface area contributed by atoms with Crippen LogP contribution in [0.3, 0.4) is 0 Å². The smallest absolute Gasteiger partial charge is 0.300 e. The molecule has 3 heterocycles. The fraction of sp³-hybridized carbons (Fsp3) is 0.276. The predicted molar refractivity (Wildman–Crippen MR) is 134 cm³/mol. The number of fused-ring (bicyclic) bond motifs is 1. The van der Waals surface area contributed by atoms with Crippen LogP contribution in [0.5, 0.6) is 5.75 Å². The number of anilines is 1. The number of aliphatic hydroxyl groups is 1. The van der Waals surface area contributed by atoms with Crippen molar-refractivity contribution in [3.63, 3.8) is 0 Å². The number of ether oxygens (including phenoxy) is 1. The van der Waals surface area contributed by atoms with Crippen LogP contribution in [0.4, 0.5) is 5.69 Å². The number of Topliss-reactive ketones (excluding diaryl/α,β-unsaturated/α-hetero) is 1. The molecule has 0 saturated carbocycles. The van der Waals surface area contributed by atoms with Crippen molar-refractivity contribution < 1.29 is 19.4 Å². The minimum atomic E-state index is -0.844. The van der Waals surface area contributed by atoms with Gasteiger partial charge in [0.2, 0.25) is 0 Å². The first-order valence-corrected chi connectivity index (χ1v) is 11.8. The van der Waals surface area contributed by atoms with Crippen LogP contribution < -0.4 is 9.64 Å². The molecule has 1 amide bonds. The molecule has 1 aromatic heterocycles. The highest BCUT2D eigenvalue weighted by atomic mass is 16.5. The van der Waals surface area contributed by atoms with Gasteiger partial charge in [0.05, 0.1) is 17.9 Å². The number of ketones is 1. The van der Waals surface area contributed by atoms with Crippen molar-refractivity contribution in [3.8, 4) is 5.75 Å². The SMILES string of the molecule is CC(C)(C)c1ccc(N2C(=O)C(=O)/C(=C(\O)c3ccc4c(c3)CCCO4)C2c2ccccn2)cc1. The zero-order valence-electron chi connectivity index (χ0n) is 20.1. The summed E-state index contributed by atoms with van der Waals surface area (Å²) in [6.45, 7) is 7.01. The summed E-state index contributed by atoms with van der Waals surface area (Å²) in [5.74, 6) is -0.839. The maximum atomic E-state index is 13.3. The number of aryl methyl sites for hydroxylation is 1. The number of nitrogens with zero attached hydrogens (tertiary/aromatic N) is 2. The van der Waals surface area contributed by atoms with Gasteiger partial charge in [-0.25, -0.2) is 0 Å². The number of aliphatic hydroxyl groups excluding tert-OH is 1. The van der Waals surface area contributed by atoms with E-state index in [9.17, 15) is 14.7 Å². The standard InChI is InChI=1S/C29H28N2O4/c1-29(2,3)20-10-12-21(13-11-20)31-25(22-8-4-5-15-30-22)24(27(33)28(31)34)26(32)19-9-14-23-18(17-19)7-6-16-35-23/h4-5,8-15,17,25,32H,6-7,16H2,1-3H3/b26-24-. The molecule has 1 N–H and O–H groups in total. The molecular formula is C29H28N2O4. The highest BCUT2D eigenvalue weighted by Gasteiger charge is 2.47. The van der Waals surface area contributed by atoms with Crippen LogP contribution in [-0.4, -0.2) is 28.4 Å². The molecule has 2 aliphatic heterocycles. The minimum Gasteiger partial charge on any atom is -0.507 e. The van der Waals surface area contributed by atoms with Crippen LogP contribution in [-0.2, 0) is 21.4 Å². The van der Waals surface area contributed by atoms with Crippen LogP contribution in [0.2, 0.25) is 0 Å². The number of carbonyl (C=O) groups is 2. The molecule has 0 aliphatic carbocycles. The Labute approximate surface area is 204 Å². The van der Waals surface area contributed by atoms with Gasteiger partial charge in [0, 0.05) is 17.4 Å². The van der Waals surface area contributed by atoms with Gasteiger partial charge in [-0.3, -0.25) is 19.5 Å². The van der Waals surface area contributed by atoms with E-state index in [1.54, 1.807) is 36.5 Å². The summed E-state index contributed by atoms with van der Waals surface area (Å²) in [6.07, 6.45) is 3.34. The molecular weight excluding hydrogens is 440 g/mol. The van der Waals surface area contributed by atoms with Gasteiger partial charge in [-0.2, -0.15) is 0 Å². The fourth-order valence-corrected chi connectivity index (χ4v) is 4.70. The van der Waals surface area contributed by atoms with Crippen molar-refractivity contribution in [2.75, 3.05) is 11.5 Å². The topological polar surface area (TPSA) is 79.7 Å². The van der Waals surface area contributed by atoms with E-state index >= 15 is 0 Å². The molecule has 5 rings (SSSR count). The van der Waals surface area contributed by atoms with Crippen molar-refractivity contribution in [2.45, 2.75) is 45.1 Å². The van der Waals surface area contributed by atoms with E-state index in [0.717, 1.165) is 29.7 Å². The first-order valence-electron chi connectivity index (χ1n) is 11.8. The quantitative estimate of drug-likeness (QED) is 0.319. The second-order valence-electron chi connectivity index (χ2n) is 10.00. The molecule has 1 unspecified atom stereocenters. The number of hydrogen-bond acceptors (Lipinski definition) is 5. The third-order valence-electron chi connectivity index (χ3n) is 6.61. The molecule has 1 saturated heterocycles. The van der Waals surface area contributed by atoms with Gasteiger partial charge in [-0.05, 0) is 71.8 Å². The van der Waals surface area contributed by atoms with Gasteiger partial charge in [-0.15, -0.1) is 0 Å². The van der Waals surface area contributed by atoms with Crippen molar-refractivity contribution >= 4 is 23.1 Å². The van der Waals surface area contributed by atoms with Crippen LogP contribution in [0, 0.1) is 0 Å². The predicted octanol–water partition coefficient (Wildman–Crippen LogP) is 5.33. The van der Waals surface area contributed by atoms with E-state index in [4.69, 9.17) is 4.74 Å². The zero-order valence-corrected chi connectivity index (χ0v) is 20.1. The van der Waals surface area contributed by atoms with Crippen LogP contribution in [0.15, 0.2) is 72.4 Å². The number of carbonyl (C=O) groups excluding carboxylic acids is 2. The third-order valence-corrected chi connectivity index (χ3v) is 6.61. The van der Waals surface area contributed by atoms with Crippen molar-refractivity contribution in [1.82, 2.24) is 4.98 Å². The Bertz CT molecular complexity index is 1320. The zero-order chi connectivity index (χ0) is 24.7. The Morgan fingerprint density at radius 3 is 2.51 bits per heavy atom. The molecule has 2 aliphatic rings. The first kappa shape index (κ1) is 22.8. The van der Waals surface area contributed by atoms with E-state index in [1.807, 2.05) is 30.3 Å². The van der Waals surface area contributed by atoms with Gasteiger partial charge in [0.15, 0.2) is 0 Å². The number of pyridine rings is 1. The average Bonchev–Trinajstić information content (AvgIpc) is 3.13. The average molecular weight is 469 g/mol. The second-order valence-corrected chi connectivity index (χ2v) is 10.00. The molecule has 6 heteroatoms. The maximum absolute atomic E-state index is 13.3. The molecule has 0 radical (unpaired) electrons. The van der Waals surface area contributed by atoms with E-state index in [-0.39, 0.29) is 16.7 Å². The van der Waals surface area contributed by atoms with E-state index in [2.05, 4.69) is 25.8 Å². The lowest BCUT2D eigenvalue weighted by atomic mass is 9.87. The summed E-state index contributed by atoms with van der Waals surface area (Å²) < 4.78 is 5.68. The fourth-order valence-electron chi connectivity index (χ4n) is 4.70. The van der Waals surface area contributed by atoms with Gasteiger partial charge >= 0.3 is 0 Å². The van der Waals surface area contributed by atoms with Crippen LogP contribution in [0.25, 0.3) is 5.76 Å². The summed E-state index contributed by atoms with van der Waals surface area (Å²) >= 11 is 0. The lowest BCUT2D eigenvalue weighted by Gasteiger charge is -2.26. The van der Waals surface area contributed by atoms with E-state index in [0.29, 0.717) is 23.6 Å². The molecule has 6 nitrogen and oxygen atoms in total. The normalized spacial score (nSPS) is 19.4. The molecule has 0 bridgehead atoms. The summed E-state index contributed by atoms with van der Waals surface area (Å²) in [5, 5.41) is 11.4. The Hall–Kier alpha value is -3.93. The molecule has 1 atom stereocenters. The monoisotopic (exact) mass is 468 g/mol. The second kappa shape index (κ2) is 8.69. The third kappa shape index (κ3) is 4.09. The minimum absolute atomic E-state index is 0.0327. The number of aromatic nitrogens is 1. The van der Waals surface area contributed by atoms with Crippen LogP contribution in [0.1, 0.15) is 55.6 Å². The summed E-state index contributed by atoms with van der Waals surface area (Å²) in [6, 6.07) is 17.5. The summed E-state index contributed by atoms with van der Waals surface area (Å²) in [7, 11) is 0. The maximum Gasteiger partial charge on any atom is 0.300 e. The Morgan fingerprint density at radius 2 is 1.83 bits per heavy atom. The van der Waals surface area contributed by atoms with Crippen LogP contribution >= 0.6 is 0 Å². The highest BCUT2D eigenvalue weighted by Crippen LogP contribution is 2.42. The lowest BCUT2D eigenvalue weighted by molar-refractivity contribution is -0.132. The Kier molecular flexibility index (Phi) is 5.67. The Balaban J connectivity index is 1.65. The van der Waals surface area contributed by atoms with Crippen molar-refractivity contribution in [2.24, 2.45) is 0 Å². The molecule has 0 spiro atoms. The molecule has 2 aromatic carbocycles. The number of amides is 1. The van der Waals surface area contributed by atoms with E-state index < -0.39 is 17.7 Å². The highest BCUT2D eigenvalue weighted by molar-refractivity contribution is 6.51. The number of benzene rings is 2. The van der Waals surface area contributed by atoms with Gasteiger partial charge < -0.3 is 9.84 Å². The molecule has 178 valence electrons. The van der Waals surface area contributed by atoms with Gasteiger partial charge in [-0.1, -0.05) is 39.0 Å². The first-order chi connectivity index (χ1) is 16.8. The van der Waals surface area contributed by atoms with Gasteiger partial charge in [0.25, 0.3) is 11.7 Å². The molecule has 3 aromatic rings. The largest absolute Gasteiger partial charge is 0.507 e. The molecule has 35 heavy (non-hydrogen) atoms. The van der Waals surface area contributed by atoms with Crippen molar-refractivity contribution in [1.29, 1.82) is 0 Å². The molecule has 1 fully saturated rings. The number of rotatable bonds is 3. The lowest BCUT2D eigenvalue weighted by Crippen LogP contribution is -2.30. The summed E-state index contributed by atoms with van der Waals surface area (Å²) in [4.78, 5) is 32.6. The number of hydrogen-bond donors (Lipinski definition) is 1. The van der Waals surface area contributed by atoms with E-state index in [1.165, 1.54) is 4.90 Å². The Morgan fingerprint density at radius 1 is 1.06 bits per heavy atom. The summed E-state index contributed by atoms with van der Waals surface area (Å²) in [5.41, 5.74) is 3.64.